The first-order chi connectivity index (χ1) is 16.1. The SMILES string of the molecule is Nc1ncc(-c2cccnc2)cc1-c1nnnn1-c1ccc(OC2CCNCC2)c(F)c1F. The Bertz CT molecular complexity index is 1270. The van der Waals surface area contributed by atoms with Gasteiger partial charge in [-0.2, -0.15) is 9.07 Å². The molecule has 9 nitrogen and oxygen atoms in total. The predicted molar refractivity (Wildman–Crippen MR) is 116 cm³/mol. The lowest BCUT2D eigenvalue weighted by molar-refractivity contribution is 0.154. The van der Waals surface area contributed by atoms with Crippen LogP contribution in [0, 0.1) is 11.6 Å². The zero-order valence-corrected chi connectivity index (χ0v) is 17.4. The zero-order chi connectivity index (χ0) is 22.8. The van der Waals surface area contributed by atoms with Crippen LogP contribution < -0.4 is 15.8 Å². The number of aromatic nitrogens is 6. The lowest BCUT2D eigenvalue weighted by atomic mass is 10.1. The summed E-state index contributed by atoms with van der Waals surface area (Å²) in [6, 6.07) is 8.15. The number of nitrogen functional groups attached to an aromatic ring is 1. The molecule has 4 heterocycles. The molecule has 3 aromatic heterocycles. The van der Waals surface area contributed by atoms with Gasteiger partial charge in [-0.3, -0.25) is 4.98 Å². The van der Waals surface area contributed by atoms with Crippen molar-refractivity contribution in [1.82, 2.24) is 35.5 Å². The van der Waals surface area contributed by atoms with Crippen LogP contribution in [0.25, 0.3) is 28.2 Å². The summed E-state index contributed by atoms with van der Waals surface area (Å²) in [4.78, 5) is 8.31. The minimum Gasteiger partial charge on any atom is -0.487 e. The summed E-state index contributed by atoms with van der Waals surface area (Å²) in [6.45, 7) is 1.54. The molecule has 0 bridgehead atoms. The van der Waals surface area contributed by atoms with E-state index in [1.54, 1.807) is 30.7 Å². The molecule has 0 atom stereocenters. The predicted octanol–water partition coefficient (Wildman–Crippen LogP) is 2.78. The minimum atomic E-state index is -1.12. The van der Waals surface area contributed by atoms with Crippen LogP contribution >= 0.6 is 0 Å². The third-order valence-corrected chi connectivity index (χ3v) is 5.46. The topological polar surface area (TPSA) is 117 Å². The molecule has 1 aliphatic rings. The van der Waals surface area contributed by atoms with E-state index in [1.807, 2.05) is 6.07 Å². The molecule has 1 aliphatic heterocycles. The van der Waals surface area contributed by atoms with Gasteiger partial charge in [0.2, 0.25) is 5.82 Å². The molecule has 1 aromatic carbocycles. The fourth-order valence-corrected chi connectivity index (χ4v) is 3.73. The van der Waals surface area contributed by atoms with Crippen molar-refractivity contribution in [1.29, 1.82) is 0 Å². The number of piperidine rings is 1. The number of pyridine rings is 2. The number of ether oxygens (including phenoxy) is 1. The second-order valence-electron chi connectivity index (χ2n) is 7.59. The largest absolute Gasteiger partial charge is 0.487 e. The molecule has 0 amide bonds. The number of halogens is 2. The monoisotopic (exact) mass is 450 g/mol. The maximum absolute atomic E-state index is 15.1. The Morgan fingerprint density at radius 2 is 1.91 bits per heavy atom. The number of tetrazole rings is 1. The lowest BCUT2D eigenvalue weighted by Crippen LogP contribution is -2.34. The molecule has 168 valence electrons. The Balaban J connectivity index is 1.51. The van der Waals surface area contributed by atoms with E-state index in [0.717, 1.165) is 41.7 Å². The molecule has 0 radical (unpaired) electrons. The molecule has 11 heteroatoms. The Hall–Kier alpha value is -3.99. The molecule has 4 aromatic rings. The Morgan fingerprint density at radius 1 is 1.06 bits per heavy atom. The number of benzene rings is 1. The van der Waals surface area contributed by atoms with Crippen molar-refractivity contribution in [3.05, 3.63) is 60.6 Å². The van der Waals surface area contributed by atoms with E-state index in [-0.39, 0.29) is 29.2 Å². The van der Waals surface area contributed by atoms with Gasteiger partial charge >= 0.3 is 0 Å². The molecule has 0 spiro atoms. The smallest absolute Gasteiger partial charge is 0.202 e. The van der Waals surface area contributed by atoms with E-state index < -0.39 is 11.6 Å². The van der Waals surface area contributed by atoms with E-state index in [1.165, 1.54) is 12.1 Å². The summed E-state index contributed by atoms with van der Waals surface area (Å²) in [5, 5.41) is 14.7. The fraction of sp³-hybridized carbons (Fsp3) is 0.227. The Labute approximate surface area is 187 Å². The summed E-state index contributed by atoms with van der Waals surface area (Å²) < 4.78 is 36.7. The number of nitrogens with one attached hydrogen (secondary N) is 1. The Kier molecular flexibility index (Phi) is 5.61. The molecule has 1 fully saturated rings. The van der Waals surface area contributed by atoms with Crippen molar-refractivity contribution < 1.29 is 13.5 Å². The molecular weight excluding hydrogens is 430 g/mol. The van der Waals surface area contributed by atoms with Crippen molar-refractivity contribution in [2.45, 2.75) is 18.9 Å². The van der Waals surface area contributed by atoms with Crippen LogP contribution in [0.2, 0.25) is 0 Å². The highest BCUT2D eigenvalue weighted by Crippen LogP contribution is 2.32. The van der Waals surface area contributed by atoms with Gasteiger partial charge in [-0.1, -0.05) is 6.07 Å². The molecule has 3 N–H and O–H groups in total. The molecule has 0 saturated carbocycles. The highest BCUT2D eigenvalue weighted by Gasteiger charge is 2.24. The van der Waals surface area contributed by atoms with Crippen LogP contribution in [0.1, 0.15) is 12.8 Å². The van der Waals surface area contributed by atoms with E-state index in [9.17, 15) is 4.39 Å². The molecule has 0 aliphatic carbocycles. The average Bonchev–Trinajstić information content (AvgIpc) is 3.33. The number of rotatable bonds is 5. The van der Waals surface area contributed by atoms with E-state index in [2.05, 4.69) is 30.8 Å². The van der Waals surface area contributed by atoms with Gasteiger partial charge in [0.1, 0.15) is 17.6 Å². The number of nitrogens with zero attached hydrogens (tertiary/aromatic N) is 6. The van der Waals surface area contributed by atoms with E-state index in [4.69, 9.17) is 10.5 Å². The summed E-state index contributed by atoms with van der Waals surface area (Å²) in [7, 11) is 0. The molecule has 5 rings (SSSR count). The van der Waals surface area contributed by atoms with Crippen LogP contribution in [0.15, 0.2) is 48.9 Å². The van der Waals surface area contributed by atoms with Gasteiger partial charge in [0.05, 0.1) is 5.56 Å². The van der Waals surface area contributed by atoms with Gasteiger partial charge in [0, 0.05) is 29.7 Å². The summed E-state index contributed by atoms with van der Waals surface area (Å²) in [5.74, 6) is -2.09. The first kappa shape index (κ1) is 20.9. The first-order valence-electron chi connectivity index (χ1n) is 10.4. The third kappa shape index (κ3) is 4.10. The molecule has 0 unspecified atom stereocenters. The lowest BCUT2D eigenvalue weighted by Gasteiger charge is -2.24. The fourth-order valence-electron chi connectivity index (χ4n) is 3.73. The quantitative estimate of drug-likeness (QED) is 0.477. The maximum atomic E-state index is 15.1. The van der Waals surface area contributed by atoms with Gasteiger partial charge in [-0.25, -0.2) is 9.37 Å². The van der Waals surface area contributed by atoms with Crippen molar-refractivity contribution in [2.75, 3.05) is 18.8 Å². The van der Waals surface area contributed by atoms with Crippen LogP contribution in [-0.4, -0.2) is 49.4 Å². The average molecular weight is 450 g/mol. The number of hydrogen-bond acceptors (Lipinski definition) is 8. The molecule has 1 saturated heterocycles. The summed E-state index contributed by atoms with van der Waals surface area (Å²) in [6.07, 6.45) is 6.20. The number of nitrogens with two attached hydrogens (primary N) is 1. The van der Waals surface area contributed by atoms with Gasteiger partial charge in [-0.15, -0.1) is 5.10 Å². The van der Waals surface area contributed by atoms with Crippen molar-refractivity contribution in [2.24, 2.45) is 0 Å². The van der Waals surface area contributed by atoms with Crippen molar-refractivity contribution in [3.8, 4) is 34.0 Å². The van der Waals surface area contributed by atoms with E-state index >= 15 is 4.39 Å². The highest BCUT2D eigenvalue weighted by molar-refractivity contribution is 5.76. The number of hydrogen-bond donors (Lipinski definition) is 2. The molecule has 33 heavy (non-hydrogen) atoms. The Morgan fingerprint density at radius 3 is 2.70 bits per heavy atom. The number of anilines is 1. The first-order valence-corrected chi connectivity index (χ1v) is 10.4. The van der Waals surface area contributed by atoms with Crippen molar-refractivity contribution >= 4 is 5.82 Å². The summed E-state index contributed by atoms with van der Waals surface area (Å²) in [5.41, 5.74) is 7.80. The van der Waals surface area contributed by atoms with Crippen LogP contribution in [0.3, 0.4) is 0 Å². The second-order valence-corrected chi connectivity index (χ2v) is 7.59. The summed E-state index contributed by atoms with van der Waals surface area (Å²) >= 11 is 0. The van der Waals surface area contributed by atoms with E-state index in [0.29, 0.717) is 5.56 Å². The highest BCUT2D eigenvalue weighted by atomic mass is 19.2. The normalized spacial score (nSPS) is 14.4. The maximum Gasteiger partial charge on any atom is 0.202 e. The third-order valence-electron chi connectivity index (χ3n) is 5.46. The van der Waals surface area contributed by atoms with Gasteiger partial charge in [0.15, 0.2) is 17.4 Å². The minimum absolute atomic E-state index is 0.121. The standard InChI is InChI=1S/C22H20F2N8O/c23-19-17(3-4-18(20(19)24)33-15-5-8-26-9-6-15)32-22(29-30-31-32)16-10-14(12-28-21(16)25)13-2-1-7-27-11-13/h1-4,7,10-12,15,26H,5-6,8-9H2,(H2,25,28). The zero-order valence-electron chi connectivity index (χ0n) is 17.4. The van der Waals surface area contributed by atoms with Gasteiger partial charge < -0.3 is 15.8 Å². The second kappa shape index (κ2) is 8.87. The van der Waals surface area contributed by atoms with Gasteiger partial charge in [0.25, 0.3) is 0 Å². The molecular formula is C22H20F2N8O. The van der Waals surface area contributed by atoms with Crippen LogP contribution in [0.5, 0.6) is 5.75 Å². The van der Waals surface area contributed by atoms with Gasteiger partial charge in [-0.05, 0) is 60.6 Å². The van der Waals surface area contributed by atoms with Crippen molar-refractivity contribution in [3.63, 3.8) is 0 Å². The van der Waals surface area contributed by atoms with Crippen LogP contribution in [-0.2, 0) is 0 Å². The van der Waals surface area contributed by atoms with Crippen LogP contribution in [0.4, 0.5) is 14.6 Å².